The topological polar surface area (TPSA) is 0 Å². The molecule has 1 heteroatoms. The largest absolute Gasteiger partial charge is 0.0735 e. The monoisotopic (exact) mass is 439 g/mol. The van der Waals surface area contributed by atoms with Crippen molar-refractivity contribution < 1.29 is 26.2 Å². The summed E-state index contributed by atoms with van der Waals surface area (Å²) in [6.45, 7) is 2.19. The van der Waals surface area contributed by atoms with Crippen LogP contribution in [0.15, 0.2) is 66.2 Å². The van der Waals surface area contributed by atoms with Crippen LogP contribution in [0.1, 0.15) is 37.7 Å². The van der Waals surface area contributed by atoms with Gasteiger partial charge in [-0.15, -0.1) is 0 Å². The van der Waals surface area contributed by atoms with Gasteiger partial charge >= 0.3 is 0 Å². The third-order valence-electron chi connectivity index (χ3n) is 6.03. The van der Waals surface area contributed by atoms with Gasteiger partial charge in [0, 0.05) is 26.2 Å². The molecule has 2 aliphatic rings. The Bertz CT molecular complexity index is 1160. The third kappa shape index (κ3) is 3.88. The molecule has 0 saturated heterocycles. The van der Waals surface area contributed by atoms with Crippen molar-refractivity contribution in [3.05, 3.63) is 82.2 Å². The average Bonchev–Trinajstić information content (AvgIpc) is 3.09. The third-order valence-corrected chi connectivity index (χ3v) is 6.03. The summed E-state index contributed by atoms with van der Waals surface area (Å²) < 4.78 is 0. The summed E-state index contributed by atoms with van der Waals surface area (Å²) in [5.74, 6) is 0.733. The molecule has 0 atom stereocenters. The minimum absolute atomic E-state index is 0. The maximum absolute atomic E-state index is 3.68. The Balaban J connectivity index is 0.00000192. The number of benzene rings is 3. The van der Waals surface area contributed by atoms with Crippen molar-refractivity contribution in [2.75, 3.05) is 0 Å². The molecule has 0 N–H and O–H groups in total. The van der Waals surface area contributed by atoms with Crippen LogP contribution in [-0.2, 0) is 26.2 Å². The molecule has 0 amide bonds. The van der Waals surface area contributed by atoms with Crippen molar-refractivity contribution in [3.63, 3.8) is 0 Å². The Hall–Kier alpha value is -1.72. The Morgan fingerprint density at radius 1 is 0.893 bits per heavy atom. The van der Waals surface area contributed by atoms with Crippen molar-refractivity contribution in [3.8, 4) is 11.1 Å². The van der Waals surface area contributed by atoms with Crippen LogP contribution in [-0.4, -0.2) is 0 Å². The van der Waals surface area contributed by atoms with E-state index in [0.29, 0.717) is 0 Å². The van der Waals surface area contributed by atoms with Crippen LogP contribution in [0, 0.1) is 12.8 Å². The minimum Gasteiger partial charge on any atom is -0.0735 e. The molecule has 1 saturated carbocycles. The fourth-order valence-corrected chi connectivity index (χ4v) is 4.64. The van der Waals surface area contributed by atoms with E-state index in [1.54, 1.807) is 0 Å². The summed E-state index contributed by atoms with van der Waals surface area (Å²) in [5.41, 5.74) is 5.21. The molecular weight excluding hydrogens is 416 g/mol. The molecule has 0 bridgehead atoms. The zero-order valence-electron chi connectivity index (χ0n) is 16.5. The average molecular weight is 441 g/mol. The summed E-state index contributed by atoms with van der Waals surface area (Å²) in [5, 5.41) is 5.18. The van der Waals surface area contributed by atoms with Gasteiger partial charge in [-0.25, -0.2) is 0 Å². The van der Waals surface area contributed by atoms with E-state index in [1.165, 1.54) is 75.6 Å². The zero-order chi connectivity index (χ0) is 18.2. The predicted octanol–water partition coefficient (Wildman–Crippen LogP) is 5.77. The van der Waals surface area contributed by atoms with Gasteiger partial charge in [0.25, 0.3) is 0 Å². The molecule has 137 valence electrons. The van der Waals surface area contributed by atoms with Gasteiger partial charge in [-0.1, -0.05) is 73.9 Å². The van der Waals surface area contributed by atoms with Gasteiger partial charge in [-0.2, -0.15) is 0 Å². The second-order valence-corrected chi connectivity index (χ2v) is 8.13. The van der Waals surface area contributed by atoms with Gasteiger partial charge in [0.15, 0.2) is 0 Å². The van der Waals surface area contributed by atoms with Crippen molar-refractivity contribution in [1.82, 2.24) is 0 Å². The molecule has 0 nitrogen and oxygen atoms in total. The Morgan fingerprint density at radius 3 is 2.50 bits per heavy atom. The summed E-state index contributed by atoms with van der Waals surface area (Å²) in [6, 6.07) is 20.0. The van der Waals surface area contributed by atoms with Crippen LogP contribution in [0.2, 0.25) is 0 Å². The summed E-state index contributed by atoms with van der Waals surface area (Å²) in [7, 11) is 0. The van der Waals surface area contributed by atoms with Gasteiger partial charge in [0.2, 0.25) is 0 Å². The Labute approximate surface area is 186 Å². The van der Waals surface area contributed by atoms with E-state index < -0.39 is 0 Å². The van der Waals surface area contributed by atoms with Crippen LogP contribution >= 0.6 is 0 Å². The van der Waals surface area contributed by atoms with Crippen molar-refractivity contribution in [1.29, 1.82) is 0 Å². The first kappa shape index (κ1) is 19.6. The fraction of sp³-hybridized carbons (Fsp3) is 0.259. The first-order valence-corrected chi connectivity index (χ1v) is 10.2. The van der Waals surface area contributed by atoms with Gasteiger partial charge in [-0.3, -0.25) is 0 Å². The summed E-state index contributed by atoms with van der Waals surface area (Å²) >= 11 is 0. The molecule has 28 heavy (non-hydrogen) atoms. The standard InChI is InChI=1S/C27H25.Zr/c1-19-13-25-16-21(15-20-7-3-2-4-8-20)17-27(25)26(14-19)24-12-11-22-9-5-6-10-23(22)18-24;/h5-6,9-15,17-18,20H,2-4,7-8H2,1H3;. The predicted molar refractivity (Wildman–Crippen MR) is 116 cm³/mol. The van der Waals surface area contributed by atoms with Gasteiger partial charge < -0.3 is 0 Å². The molecule has 1 radical (unpaired) electrons. The molecule has 2 aliphatic carbocycles. The van der Waals surface area contributed by atoms with E-state index >= 15 is 0 Å². The van der Waals surface area contributed by atoms with Crippen LogP contribution in [0.3, 0.4) is 0 Å². The molecule has 0 aliphatic heterocycles. The quantitative estimate of drug-likeness (QED) is 0.474. The number of hydrogen-bond acceptors (Lipinski definition) is 0. The van der Waals surface area contributed by atoms with Gasteiger partial charge in [0.1, 0.15) is 0 Å². The van der Waals surface area contributed by atoms with Crippen LogP contribution in [0.25, 0.3) is 34.1 Å². The normalized spacial score (nSPS) is 17.7. The smallest absolute Gasteiger partial charge is 0 e. The molecular formula is C27H25Zr. The van der Waals surface area contributed by atoms with E-state index in [-0.39, 0.29) is 26.2 Å². The summed E-state index contributed by atoms with van der Waals surface area (Å²) in [4.78, 5) is 0. The van der Waals surface area contributed by atoms with Crippen LogP contribution in [0.4, 0.5) is 0 Å². The maximum Gasteiger partial charge on any atom is 0 e. The first-order valence-electron chi connectivity index (χ1n) is 10.2. The van der Waals surface area contributed by atoms with Crippen molar-refractivity contribution >= 4 is 22.9 Å². The second-order valence-electron chi connectivity index (χ2n) is 8.13. The van der Waals surface area contributed by atoms with Crippen molar-refractivity contribution in [2.24, 2.45) is 5.92 Å². The molecule has 0 aromatic heterocycles. The minimum atomic E-state index is 0. The van der Waals surface area contributed by atoms with Crippen LogP contribution in [0.5, 0.6) is 0 Å². The Morgan fingerprint density at radius 2 is 1.68 bits per heavy atom. The molecule has 5 rings (SSSR count). The maximum atomic E-state index is 3.68. The second kappa shape index (κ2) is 8.34. The molecule has 1 fully saturated rings. The van der Waals surface area contributed by atoms with Crippen LogP contribution < -0.4 is 10.4 Å². The van der Waals surface area contributed by atoms with Gasteiger partial charge in [-0.05, 0) is 87.4 Å². The number of fused-ring (bicyclic) bond motifs is 2. The van der Waals surface area contributed by atoms with Gasteiger partial charge in [0.05, 0.1) is 0 Å². The SMILES string of the molecule is Cc1cc(-c2ccc3ccccc3c2)c2c(c1)=[C]C(=CC1CCCCC1)C=2.[Zr]. The van der Waals surface area contributed by atoms with E-state index in [2.05, 4.69) is 79.7 Å². The number of allylic oxidation sites excluding steroid dienone is 2. The van der Waals surface area contributed by atoms with E-state index in [1.807, 2.05) is 0 Å². The molecule has 0 heterocycles. The number of rotatable bonds is 2. The first-order chi connectivity index (χ1) is 13.3. The number of hydrogen-bond donors (Lipinski definition) is 0. The summed E-state index contributed by atoms with van der Waals surface area (Å²) in [6.07, 6.45) is 15.3. The zero-order valence-corrected chi connectivity index (χ0v) is 18.9. The molecule has 0 spiro atoms. The van der Waals surface area contributed by atoms with E-state index in [0.717, 1.165) is 5.92 Å². The molecule has 3 aromatic rings. The number of aryl methyl sites for hydroxylation is 1. The fourth-order valence-electron chi connectivity index (χ4n) is 4.64. The van der Waals surface area contributed by atoms with E-state index in [9.17, 15) is 0 Å². The Kier molecular flexibility index (Phi) is 5.84. The van der Waals surface area contributed by atoms with E-state index in [4.69, 9.17) is 0 Å². The molecule has 0 unspecified atom stereocenters. The van der Waals surface area contributed by atoms with Crippen molar-refractivity contribution in [2.45, 2.75) is 39.0 Å². The molecule has 3 aromatic carbocycles.